The summed E-state index contributed by atoms with van der Waals surface area (Å²) in [7, 11) is 0. The van der Waals surface area contributed by atoms with Crippen molar-refractivity contribution in [2.45, 2.75) is 78.9 Å². The molecule has 0 atom stereocenters. The maximum absolute atomic E-state index is 11.9. The zero-order chi connectivity index (χ0) is 42.0. The van der Waals surface area contributed by atoms with Crippen molar-refractivity contribution >= 4 is 68.2 Å². The molecular weight excluding hydrogens is 616 g/mol. The van der Waals surface area contributed by atoms with Gasteiger partial charge in [0, 0.05) is 58.6 Å². The standard InChI is InChI=1S/C36H38N4O8/c1-17-21(5-9-33(41)42)29-14-26-19(3)23(7-11-35(45)46)31(39-26)16-28-20(4)24(8-12-36(47)48)32(40-28)15-27-18(2)22(6-10-34(43)44)30(38-27)13-25(17)37-29/h13-16,37-38H,5-12H2,1-4H3,(H,41,42)(H,43,44)(H,45,46)(H,47,48)/i7D2,9D2,10D2,12D2. The number of aryl methyl sites for hydroxylation is 4. The molecule has 12 heteroatoms. The highest BCUT2D eigenvalue weighted by Gasteiger charge is 2.23. The van der Waals surface area contributed by atoms with E-state index in [-0.39, 0.29) is 72.7 Å². The summed E-state index contributed by atoms with van der Waals surface area (Å²) in [6, 6.07) is 5.77. The number of aliphatic carboxylic acids is 4. The number of carboxylic acid groups (broad SMARTS) is 4. The van der Waals surface area contributed by atoms with Gasteiger partial charge in [-0.15, -0.1) is 0 Å². The number of H-pyrrole nitrogens is 2. The van der Waals surface area contributed by atoms with Gasteiger partial charge >= 0.3 is 23.9 Å². The molecule has 5 heterocycles. The number of fused-ring (bicyclic) bond motifs is 8. The van der Waals surface area contributed by atoms with E-state index in [1.54, 1.807) is 20.8 Å². The molecule has 0 aromatic carbocycles. The molecule has 8 bridgehead atoms. The number of rotatable bonds is 12. The SMILES string of the molecule is [2H]C([2H])(CC1=C(C)c2cc3nc(cc4[nH]c(cc5[nH]c(cc1n2)c(C)c5CC([2H])([2H])C(=O)O)c(C)c4CC([2H])([2H])C(=O)O)C(C)=C3C([2H])([2H])CC(=O)O)C(=O)O. The average Bonchev–Trinajstić information content (AvgIpc) is 3.71. The third-order valence-electron chi connectivity index (χ3n) is 8.34. The van der Waals surface area contributed by atoms with E-state index in [0.717, 1.165) is 0 Å². The highest BCUT2D eigenvalue weighted by Crippen LogP contribution is 2.38. The molecule has 2 aliphatic rings. The number of allylic oxidation sites excluding steroid dienone is 4. The molecule has 6 N–H and O–H groups in total. The summed E-state index contributed by atoms with van der Waals surface area (Å²) in [5, 5.41) is 38.7. The fraction of sp³-hybridized carbons (Fsp3) is 0.333. The molecule has 0 unspecified atom stereocenters. The van der Waals surface area contributed by atoms with Gasteiger partial charge < -0.3 is 30.4 Å². The highest BCUT2D eigenvalue weighted by atomic mass is 16.4. The van der Waals surface area contributed by atoms with E-state index in [9.17, 15) is 39.6 Å². The highest BCUT2D eigenvalue weighted by molar-refractivity contribution is 5.96. The van der Waals surface area contributed by atoms with Crippen molar-refractivity contribution in [1.82, 2.24) is 19.9 Å². The Kier molecular flexibility index (Phi) is 7.02. The van der Waals surface area contributed by atoms with Crippen LogP contribution in [0.5, 0.6) is 0 Å². The summed E-state index contributed by atoms with van der Waals surface area (Å²) < 4.78 is 66.9. The van der Waals surface area contributed by atoms with Crippen LogP contribution in [0.2, 0.25) is 0 Å². The molecule has 0 radical (unpaired) electrons. The van der Waals surface area contributed by atoms with Crippen molar-refractivity contribution in [2.24, 2.45) is 0 Å². The van der Waals surface area contributed by atoms with Gasteiger partial charge in [-0.2, -0.15) is 0 Å². The minimum absolute atomic E-state index is 0.0546. The number of nitrogens with zero attached hydrogens (tertiary/aromatic N) is 2. The van der Waals surface area contributed by atoms with Gasteiger partial charge in [-0.05, 0) is 122 Å². The van der Waals surface area contributed by atoms with Crippen LogP contribution in [0.4, 0.5) is 0 Å². The first kappa shape index (κ1) is 24.6. The van der Waals surface area contributed by atoms with Crippen LogP contribution >= 0.6 is 0 Å². The van der Waals surface area contributed by atoms with Gasteiger partial charge in [0.05, 0.1) is 22.8 Å². The van der Waals surface area contributed by atoms with Crippen LogP contribution < -0.4 is 0 Å². The van der Waals surface area contributed by atoms with Crippen LogP contribution in [-0.2, 0) is 32.0 Å². The molecule has 250 valence electrons. The Morgan fingerprint density at radius 3 is 1.56 bits per heavy atom. The van der Waals surface area contributed by atoms with Gasteiger partial charge in [-0.25, -0.2) is 9.97 Å². The lowest BCUT2D eigenvalue weighted by Gasteiger charge is -2.04. The molecule has 0 saturated carbocycles. The third kappa shape index (κ3) is 7.07. The predicted molar refractivity (Wildman–Crippen MR) is 181 cm³/mol. The Balaban J connectivity index is 2.02. The Labute approximate surface area is 287 Å². The molecule has 3 aromatic rings. The first-order valence-corrected chi connectivity index (χ1v) is 14.7. The topological polar surface area (TPSA) is 207 Å². The monoisotopic (exact) mass is 662 g/mol. The predicted octanol–water partition coefficient (Wildman–Crippen LogP) is 6.56. The quantitative estimate of drug-likeness (QED) is 0.123. The number of aromatic nitrogens is 4. The Morgan fingerprint density at radius 1 is 0.583 bits per heavy atom. The van der Waals surface area contributed by atoms with Crippen LogP contribution in [0.15, 0.2) is 24.3 Å². The van der Waals surface area contributed by atoms with Crippen LogP contribution in [0.25, 0.3) is 44.4 Å². The van der Waals surface area contributed by atoms with Gasteiger partial charge in [0.2, 0.25) is 0 Å². The maximum atomic E-state index is 11.9. The number of nitrogens with one attached hydrogen (secondary N) is 2. The Hall–Kier alpha value is -5.52. The molecule has 0 saturated heterocycles. The molecule has 12 nitrogen and oxygen atoms in total. The average molecular weight is 663 g/mol. The van der Waals surface area contributed by atoms with Crippen molar-refractivity contribution in [3.8, 4) is 0 Å². The summed E-state index contributed by atoms with van der Waals surface area (Å²) >= 11 is 0. The summed E-state index contributed by atoms with van der Waals surface area (Å²) in [4.78, 5) is 63.3. The summed E-state index contributed by atoms with van der Waals surface area (Å²) in [5.41, 5.74) is 2.83. The number of carboxylic acids is 4. The van der Waals surface area contributed by atoms with E-state index in [1.165, 1.54) is 31.2 Å². The van der Waals surface area contributed by atoms with Crippen molar-refractivity contribution in [3.63, 3.8) is 0 Å². The molecule has 2 aliphatic heterocycles. The second kappa shape index (κ2) is 13.7. The lowest BCUT2D eigenvalue weighted by atomic mass is 9.98. The number of aromatic amines is 2. The normalized spacial score (nSPS) is 16.6. The second-order valence-corrected chi connectivity index (χ2v) is 11.3. The minimum atomic E-state index is -2.77. The van der Waals surface area contributed by atoms with Crippen molar-refractivity contribution in [3.05, 3.63) is 69.3 Å². The van der Waals surface area contributed by atoms with E-state index in [1.807, 2.05) is 0 Å². The largest absolute Gasteiger partial charge is 0.481 e. The molecule has 3 aromatic heterocycles. The summed E-state index contributed by atoms with van der Waals surface area (Å²) in [6.07, 6.45) is -13.7. The fourth-order valence-corrected chi connectivity index (χ4v) is 5.72. The number of hydrogen-bond acceptors (Lipinski definition) is 6. The van der Waals surface area contributed by atoms with Crippen molar-refractivity contribution in [1.29, 1.82) is 0 Å². The Morgan fingerprint density at radius 2 is 1.02 bits per heavy atom. The maximum Gasteiger partial charge on any atom is 0.303 e. The molecule has 0 amide bonds. The molecule has 5 rings (SSSR count). The van der Waals surface area contributed by atoms with E-state index < -0.39 is 75.1 Å². The summed E-state index contributed by atoms with van der Waals surface area (Å²) in [5.74, 6) is -6.65. The van der Waals surface area contributed by atoms with Crippen LogP contribution in [0.1, 0.15) is 108 Å². The summed E-state index contributed by atoms with van der Waals surface area (Å²) in [6.45, 7) is 6.22. The van der Waals surface area contributed by atoms with E-state index in [4.69, 9.17) is 11.0 Å². The van der Waals surface area contributed by atoms with E-state index >= 15 is 0 Å². The first-order valence-electron chi connectivity index (χ1n) is 18.7. The third-order valence-corrected chi connectivity index (χ3v) is 8.34. The lowest BCUT2D eigenvalue weighted by molar-refractivity contribution is -0.138. The lowest BCUT2D eigenvalue weighted by Crippen LogP contribution is -1.98. The van der Waals surface area contributed by atoms with Gasteiger partial charge in [-0.3, -0.25) is 19.2 Å². The van der Waals surface area contributed by atoms with Gasteiger partial charge in [-0.1, -0.05) is 0 Å². The van der Waals surface area contributed by atoms with Crippen LogP contribution in [0.3, 0.4) is 0 Å². The van der Waals surface area contributed by atoms with Crippen molar-refractivity contribution < 1.29 is 50.6 Å². The van der Waals surface area contributed by atoms with Crippen molar-refractivity contribution in [2.75, 3.05) is 0 Å². The molecule has 48 heavy (non-hydrogen) atoms. The molecule has 0 spiro atoms. The number of hydrogen-bond donors (Lipinski definition) is 6. The van der Waals surface area contributed by atoms with Crippen LogP contribution in [-0.4, -0.2) is 64.2 Å². The van der Waals surface area contributed by atoms with Gasteiger partial charge in [0.1, 0.15) is 0 Å². The second-order valence-electron chi connectivity index (χ2n) is 11.3. The molecule has 0 fully saturated rings. The fourth-order valence-electron chi connectivity index (χ4n) is 5.72. The van der Waals surface area contributed by atoms with Crippen LogP contribution in [0, 0.1) is 13.8 Å². The smallest absolute Gasteiger partial charge is 0.303 e. The van der Waals surface area contributed by atoms with E-state index in [0.29, 0.717) is 16.7 Å². The van der Waals surface area contributed by atoms with E-state index in [2.05, 4.69) is 19.9 Å². The first-order chi connectivity index (χ1) is 25.7. The van der Waals surface area contributed by atoms with Gasteiger partial charge in [0.25, 0.3) is 0 Å². The zero-order valence-corrected chi connectivity index (χ0v) is 26.5. The zero-order valence-electron chi connectivity index (χ0n) is 34.5. The Bertz CT molecular complexity index is 2460. The molecule has 0 aliphatic carbocycles. The number of carbonyl (C=O) groups is 4. The molecular formula is C36H38N4O8. The van der Waals surface area contributed by atoms with Gasteiger partial charge in [0.15, 0.2) is 0 Å². The minimum Gasteiger partial charge on any atom is -0.481 e.